The number of aryl methyl sites for hydroxylation is 1. The maximum atomic E-state index is 13.6. The molecule has 3 rings (SSSR count). The number of H-pyrrole nitrogens is 1. The van der Waals surface area contributed by atoms with Gasteiger partial charge in [0.2, 0.25) is 5.56 Å². The molecule has 1 amide bonds. The molecule has 7 heteroatoms. The molecule has 2 aromatic rings. The van der Waals surface area contributed by atoms with Crippen molar-refractivity contribution in [2.24, 2.45) is 0 Å². The van der Waals surface area contributed by atoms with Crippen LogP contribution in [0.25, 0.3) is 0 Å². The number of rotatable bonds is 3. The van der Waals surface area contributed by atoms with Crippen LogP contribution in [0.1, 0.15) is 34.1 Å². The standard InChI is InChI=1S/C18H19F2N3O2/c1-10-12(4-6-16(24)21-10)18(25)22-15-7-8-23(2)17(15)11-3-5-13(19)14(20)9-11/h3-6,9,15,17H,7-8H2,1-2H3,(H,21,24)(H,22,25)/t15-,17+/m0/s1. The van der Waals surface area contributed by atoms with Crippen molar-refractivity contribution in [3.05, 3.63) is 69.1 Å². The fourth-order valence-corrected chi connectivity index (χ4v) is 3.35. The van der Waals surface area contributed by atoms with Crippen molar-refractivity contribution >= 4 is 5.91 Å². The van der Waals surface area contributed by atoms with Crippen LogP contribution >= 0.6 is 0 Å². The Morgan fingerprint density at radius 1 is 1.24 bits per heavy atom. The molecule has 0 spiro atoms. The molecular weight excluding hydrogens is 328 g/mol. The zero-order valence-electron chi connectivity index (χ0n) is 14.0. The first kappa shape index (κ1) is 17.3. The Morgan fingerprint density at radius 2 is 2.00 bits per heavy atom. The molecule has 132 valence electrons. The van der Waals surface area contributed by atoms with Gasteiger partial charge in [-0.05, 0) is 44.2 Å². The molecule has 1 fully saturated rings. The highest BCUT2D eigenvalue weighted by Gasteiger charge is 2.34. The Labute approximate surface area is 143 Å². The molecule has 1 aromatic carbocycles. The van der Waals surface area contributed by atoms with E-state index < -0.39 is 11.6 Å². The van der Waals surface area contributed by atoms with Crippen molar-refractivity contribution in [3.8, 4) is 0 Å². The SMILES string of the molecule is Cc1[nH]c(=O)ccc1C(=O)N[C@H]1CCN(C)[C@@H]1c1ccc(F)c(F)c1. The lowest BCUT2D eigenvalue weighted by molar-refractivity contribution is 0.0926. The molecule has 0 aliphatic carbocycles. The van der Waals surface area contributed by atoms with E-state index >= 15 is 0 Å². The number of pyridine rings is 1. The summed E-state index contributed by atoms with van der Waals surface area (Å²) in [5.74, 6) is -2.10. The van der Waals surface area contributed by atoms with E-state index in [4.69, 9.17) is 0 Å². The number of amides is 1. The lowest BCUT2D eigenvalue weighted by atomic mass is 9.99. The highest BCUT2D eigenvalue weighted by Crippen LogP contribution is 2.32. The monoisotopic (exact) mass is 347 g/mol. The van der Waals surface area contributed by atoms with Crippen LogP contribution < -0.4 is 10.9 Å². The molecule has 0 radical (unpaired) electrons. The molecule has 1 saturated heterocycles. The fraction of sp³-hybridized carbons (Fsp3) is 0.333. The van der Waals surface area contributed by atoms with E-state index in [0.29, 0.717) is 23.2 Å². The fourth-order valence-electron chi connectivity index (χ4n) is 3.35. The van der Waals surface area contributed by atoms with Crippen molar-refractivity contribution in [1.82, 2.24) is 15.2 Å². The normalized spacial score (nSPS) is 20.6. The number of likely N-dealkylation sites (tertiary alicyclic amines) is 1. The van der Waals surface area contributed by atoms with Gasteiger partial charge < -0.3 is 10.3 Å². The number of nitrogens with zero attached hydrogens (tertiary/aromatic N) is 1. The Balaban J connectivity index is 1.84. The Bertz CT molecular complexity index is 866. The number of aromatic amines is 1. The van der Waals surface area contributed by atoms with Crippen LogP contribution in [0.2, 0.25) is 0 Å². The summed E-state index contributed by atoms with van der Waals surface area (Å²) in [6.07, 6.45) is 0.689. The average Bonchev–Trinajstić information content (AvgIpc) is 2.90. The minimum absolute atomic E-state index is 0.242. The molecular formula is C18H19F2N3O2. The topological polar surface area (TPSA) is 65.2 Å². The molecule has 2 atom stereocenters. The van der Waals surface area contributed by atoms with Gasteiger partial charge in [-0.25, -0.2) is 8.78 Å². The quantitative estimate of drug-likeness (QED) is 0.894. The smallest absolute Gasteiger partial charge is 0.253 e. The van der Waals surface area contributed by atoms with Crippen molar-refractivity contribution in [3.63, 3.8) is 0 Å². The number of carbonyl (C=O) groups is 1. The highest BCUT2D eigenvalue weighted by molar-refractivity contribution is 5.95. The zero-order valence-corrected chi connectivity index (χ0v) is 14.0. The predicted molar refractivity (Wildman–Crippen MR) is 89.4 cm³/mol. The van der Waals surface area contributed by atoms with E-state index in [1.165, 1.54) is 24.3 Å². The van der Waals surface area contributed by atoms with E-state index in [-0.39, 0.29) is 23.6 Å². The highest BCUT2D eigenvalue weighted by atomic mass is 19.2. The Hall–Kier alpha value is -2.54. The van der Waals surface area contributed by atoms with Crippen molar-refractivity contribution in [1.29, 1.82) is 0 Å². The number of hydrogen-bond acceptors (Lipinski definition) is 3. The maximum Gasteiger partial charge on any atom is 0.253 e. The molecule has 0 saturated carbocycles. The summed E-state index contributed by atoms with van der Waals surface area (Å²) in [7, 11) is 1.88. The third-order valence-electron chi connectivity index (χ3n) is 4.61. The van der Waals surface area contributed by atoms with Crippen LogP contribution in [-0.2, 0) is 0 Å². The number of carbonyl (C=O) groups excluding carboxylic acids is 1. The lowest BCUT2D eigenvalue weighted by Crippen LogP contribution is -2.39. The van der Waals surface area contributed by atoms with Crippen molar-refractivity contribution in [2.45, 2.75) is 25.4 Å². The van der Waals surface area contributed by atoms with E-state index in [9.17, 15) is 18.4 Å². The number of aromatic nitrogens is 1. The molecule has 25 heavy (non-hydrogen) atoms. The second-order valence-electron chi connectivity index (χ2n) is 6.33. The minimum atomic E-state index is -0.903. The number of benzene rings is 1. The van der Waals surface area contributed by atoms with Gasteiger partial charge >= 0.3 is 0 Å². The third kappa shape index (κ3) is 3.46. The summed E-state index contributed by atoms with van der Waals surface area (Å²) >= 11 is 0. The summed E-state index contributed by atoms with van der Waals surface area (Å²) in [5.41, 5.74) is 1.22. The van der Waals surface area contributed by atoms with Crippen molar-refractivity contribution in [2.75, 3.05) is 13.6 Å². The molecule has 2 N–H and O–H groups in total. The van der Waals surface area contributed by atoms with E-state index in [1.807, 2.05) is 11.9 Å². The summed E-state index contributed by atoms with van der Waals surface area (Å²) in [6, 6.07) is 6.10. The Kier molecular flexibility index (Phi) is 4.67. The van der Waals surface area contributed by atoms with Gasteiger partial charge in [-0.15, -0.1) is 0 Å². The molecule has 1 aliphatic rings. The molecule has 0 bridgehead atoms. The molecule has 1 aromatic heterocycles. The number of hydrogen-bond donors (Lipinski definition) is 2. The molecule has 5 nitrogen and oxygen atoms in total. The minimum Gasteiger partial charge on any atom is -0.347 e. The molecule has 0 unspecified atom stereocenters. The van der Waals surface area contributed by atoms with Gasteiger partial charge in [0.05, 0.1) is 17.6 Å². The van der Waals surface area contributed by atoms with E-state index in [1.54, 1.807) is 6.92 Å². The van der Waals surface area contributed by atoms with Crippen LogP contribution in [0.3, 0.4) is 0 Å². The first-order valence-corrected chi connectivity index (χ1v) is 8.03. The van der Waals surface area contributed by atoms with Crippen LogP contribution in [0.4, 0.5) is 8.78 Å². The summed E-state index contributed by atoms with van der Waals surface area (Å²) < 4.78 is 26.8. The zero-order chi connectivity index (χ0) is 18.1. The average molecular weight is 347 g/mol. The summed E-state index contributed by atoms with van der Waals surface area (Å²) in [4.78, 5) is 28.4. The van der Waals surface area contributed by atoms with E-state index in [0.717, 1.165) is 12.6 Å². The van der Waals surface area contributed by atoms with Gasteiger partial charge in [-0.2, -0.15) is 0 Å². The van der Waals surface area contributed by atoms with Crippen LogP contribution in [0, 0.1) is 18.6 Å². The van der Waals surface area contributed by atoms with Gasteiger partial charge in [-0.1, -0.05) is 6.07 Å². The van der Waals surface area contributed by atoms with Crippen molar-refractivity contribution < 1.29 is 13.6 Å². The second kappa shape index (κ2) is 6.76. The summed E-state index contributed by atoms with van der Waals surface area (Å²) in [5, 5.41) is 2.95. The predicted octanol–water partition coefficient (Wildman–Crippen LogP) is 2.14. The number of halogens is 2. The largest absolute Gasteiger partial charge is 0.347 e. The second-order valence-corrected chi connectivity index (χ2v) is 6.33. The lowest BCUT2D eigenvalue weighted by Gasteiger charge is -2.26. The first-order chi connectivity index (χ1) is 11.9. The summed E-state index contributed by atoms with van der Waals surface area (Å²) in [6.45, 7) is 2.38. The van der Waals surface area contributed by atoms with Gasteiger partial charge in [0, 0.05) is 18.3 Å². The number of nitrogens with one attached hydrogen (secondary N) is 2. The maximum absolute atomic E-state index is 13.6. The van der Waals surface area contributed by atoms with E-state index in [2.05, 4.69) is 10.3 Å². The van der Waals surface area contributed by atoms with Crippen LogP contribution in [-0.4, -0.2) is 35.4 Å². The van der Waals surface area contributed by atoms with Gasteiger partial charge in [-0.3, -0.25) is 14.5 Å². The van der Waals surface area contributed by atoms with Crippen LogP contribution in [0.15, 0.2) is 35.1 Å². The number of likely N-dealkylation sites (N-methyl/N-ethyl adjacent to an activating group) is 1. The third-order valence-corrected chi connectivity index (χ3v) is 4.61. The molecule has 2 heterocycles. The van der Waals surface area contributed by atoms with Gasteiger partial charge in [0.25, 0.3) is 5.91 Å². The van der Waals surface area contributed by atoms with Gasteiger partial charge in [0.1, 0.15) is 0 Å². The molecule has 1 aliphatic heterocycles. The first-order valence-electron chi connectivity index (χ1n) is 8.03. The van der Waals surface area contributed by atoms with Gasteiger partial charge in [0.15, 0.2) is 11.6 Å². The Morgan fingerprint density at radius 3 is 2.68 bits per heavy atom. The van der Waals surface area contributed by atoms with Crippen LogP contribution in [0.5, 0.6) is 0 Å².